The summed E-state index contributed by atoms with van der Waals surface area (Å²) in [5.74, 6) is -0.888. The van der Waals surface area contributed by atoms with Gasteiger partial charge in [0.2, 0.25) is 0 Å². The van der Waals surface area contributed by atoms with Crippen LogP contribution in [0.4, 0.5) is 0 Å². The molecule has 104 valence electrons. The fraction of sp³-hybridized carbons (Fsp3) is 0.125. The molecule has 0 saturated carbocycles. The maximum Gasteiger partial charge on any atom is 0.331 e. The lowest BCUT2D eigenvalue weighted by molar-refractivity contribution is -0.132. The van der Waals surface area contributed by atoms with Gasteiger partial charge < -0.3 is 5.11 Å². The van der Waals surface area contributed by atoms with E-state index in [0.717, 1.165) is 12.0 Å². The summed E-state index contributed by atoms with van der Waals surface area (Å²) in [6.45, 7) is 1.59. The van der Waals surface area contributed by atoms with Crippen molar-refractivity contribution in [3.8, 4) is 0 Å². The molecule has 0 aliphatic carbocycles. The van der Waals surface area contributed by atoms with Crippen LogP contribution in [-0.2, 0) is 11.2 Å². The number of aliphatic carboxylic acids is 1. The third-order valence-corrected chi connectivity index (χ3v) is 2.86. The summed E-state index contributed by atoms with van der Waals surface area (Å²) in [5, 5.41) is 8.82. The molecular weight excluding hydrogens is 274 g/mol. The zero-order valence-electron chi connectivity index (χ0n) is 11.1. The van der Waals surface area contributed by atoms with Crippen molar-refractivity contribution in [2.24, 2.45) is 0 Å². The number of halogens is 1. The van der Waals surface area contributed by atoms with Crippen molar-refractivity contribution in [2.75, 3.05) is 0 Å². The van der Waals surface area contributed by atoms with Crippen LogP contribution < -0.4 is 0 Å². The predicted octanol–water partition coefficient (Wildman–Crippen LogP) is 3.58. The smallest absolute Gasteiger partial charge is 0.331 e. The highest BCUT2D eigenvalue weighted by molar-refractivity contribution is 5.91. The fourth-order valence-corrected chi connectivity index (χ4v) is 1.78. The van der Waals surface area contributed by atoms with E-state index in [1.807, 2.05) is 36.4 Å². The van der Waals surface area contributed by atoms with E-state index in [9.17, 15) is 4.79 Å². The van der Waals surface area contributed by atoms with Gasteiger partial charge in [0.15, 0.2) is 0 Å². The largest absolute Gasteiger partial charge is 0.478 e. The molecule has 2 rings (SSSR count). The maximum atomic E-state index is 10.7. The molecule has 0 atom stereocenters. The van der Waals surface area contributed by atoms with Crippen LogP contribution in [0.1, 0.15) is 23.6 Å². The monoisotopic (exact) mass is 289 g/mol. The highest BCUT2D eigenvalue weighted by Crippen LogP contribution is 2.12. The Labute approximate surface area is 124 Å². The van der Waals surface area contributed by atoms with Crippen LogP contribution in [0.2, 0.25) is 0 Å². The lowest BCUT2D eigenvalue weighted by Gasteiger charge is -2.02. The second-order valence-corrected chi connectivity index (χ2v) is 4.41. The Hall–Kier alpha value is -2.13. The molecule has 0 amide bonds. The van der Waals surface area contributed by atoms with Crippen LogP contribution in [-0.4, -0.2) is 16.1 Å². The third-order valence-electron chi connectivity index (χ3n) is 2.86. The molecule has 3 nitrogen and oxygen atoms in total. The Kier molecular flexibility index (Phi) is 5.94. The Morgan fingerprint density at radius 2 is 1.65 bits per heavy atom. The minimum absolute atomic E-state index is 0. The van der Waals surface area contributed by atoms with E-state index < -0.39 is 5.97 Å². The number of hydrogen-bond donors (Lipinski definition) is 1. The Morgan fingerprint density at radius 3 is 2.20 bits per heavy atom. The second-order valence-electron chi connectivity index (χ2n) is 4.41. The van der Waals surface area contributed by atoms with Gasteiger partial charge in [-0.3, -0.25) is 4.98 Å². The molecule has 2 aromatic rings. The summed E-state index contributed by atoms with van der Waals surface area (Å²) < 4.78 is 0. The average Bonchev–Trinajstić information content (AvgIpc) is 2.42. The first kappa shape index (κ1) is 15.9. The molecular formula is C16H16ClNO2. The molecule has 0 unspecified atom stereocenters. The number of carboxylic acid groups (broad SMARTS) is 1. The van der Waals surface area contributed by atoms with Crippen LogP contribution >= 0.6 is 12.4 Å². The fourth-order valence-electron chi connectivity index (χ4n) is 1.78. The van der Waals surface area contributed by atoms with Crippen LogP contribution in [0.3, 0.4) is 0 Å². The molecule has 0 radical (unpaired) electrons. The molecule has 1 aromatic carbocycles. The molecule has 4 heteroatoms. The number of rotatable bonds is 4. The van der Waals surface area contributed by atoms with Crippen molar-refractivity contribution in [3.63, 3.8) is 0 Å². The van der Waals surface area contributed by atoms with Crippen molar-refractivity contribution in [1.82, 2.24) is 4.98 Å². The van der Waals surface area contributed by atoms with Gasteiger partial charge in [-0.2, -0.15) is 0 Å². The highest BCUT2D eigenvalue weighted by Gasteiger charge is 2.00. The summed E-state index contributed by atoms with van der Waals surface area (Å²) in [7, 11) is 0. The van der Waals surface area contributed by atoms with Gasteiger partial charge in [0.25, 0.3) is 0 Å². The van der Waals surface area contributed by atoms with Gasteiger partial charge >= 0.3 is 5.97 Å². The quantitative estimate of drug-likeness (QED) is 0.875. The number of pyridine rings is 1. The minimum atomic E-state index is -0.888. The first-order valence-electron chi connectivity index (χ1n) is 6.04. The maximum absolute atomic E-state index is 10.7. The number of hydrogen-bond acceptors (Lipinski definition) is 2. The standard InChI is InChI=1S/C16H15NO2.ClH/c1-12(16(18)19)10-13-2-4-14(5-3-13)11-15-6-8-17-9-7-15;/h2-10H,11H2,1H3,(H,18,19);1H. The Bertz CT molecular complexity index is 592. The summed E-state index contributed by atoms with van der Waals surface area (Å²) >= 11 is 0. The summed E-state index contributed by atoms with van der Waals surface area (Å²) in [6.07, 6.45) is 6.08. The molecule has 1 aromatic heterocycles. The molecule has 0 aliphatic heterocycles. The zero-order valence-corrected chi connectivity index (χ0v) is 11.9. The topological polar surface area (TPSA) is 50.2 Å². The van der Waals surface area contributed by atoms with Gasteiger partial charge in [-0.1, -0.05) is 24.3 Å². The average molecular weight is 290 g/mol. The molecule has 1 heterocycles. The van der Waals surface area contributed by atoms with E-state index in [2.05, 4.69) is 4.98 Å². The lowest BCUT2D eigenvalue weighted by atomic mass is 10.0. The first-order valence-corrected chi connectivity index (χ1v) is 6.04. The van der Waals surface area contributed by atoms with Crippen LogP contribution in [0.5, 0.6) is 0 Å². The summed E-state index contributed by atoms with van der Waals surface area (Å²) in [5.41, 5.74) is 3.64. The molecule has 0 fully saturated rings. The number of carbonyl (C=O) groups is 1. The third kappa shape index (κ3) is 4.52. The Balaban J connectivity index is 0.00000200. The van der Waals surface area contributed by atoms with Crippen molar-refractivity contribution < 1.29 is 9.90 Å². The number of aromatic nitrogens is 1. The first-order chi connectivity index (χ1) is 9.15. The van der Waals surface area contributed by atoms with Crippen molar-refractivity contribution >= 4 is 24.5 Å². The molecule has 0 aliphatic rings. The van der Waals surface area contributed by atoms with Crippen LogP contribution in [0.25, 0.3) is 6.08 Å². The van der Waals surface area contributed by atoms with Crippen LogP contribution in [0.15, 0.2) is 54.4 Å². The summed E-state index contributed by atoms with van der Waals surface area (Å²) in [4.78, 5) is 14.7. The predicted molar refractivity (Wildman–Crippen MR) is 82.0 cm³/mol. The van der Waals surface area contributed by atoms with Crippen molar-refractivity contribution in [3.05, 3.63) is 71.1 Å². The second kappa shape index (κ2) is 7.46. The van der Waals surface area contributed by atoms with E-state index in [4.69, 9.17) is 5.11 Å². The van der Waals surface area contributed by atoms with E-state index in [1.165, 1.54) is 11.1 Å². The minimum Gasteiger partial charge on any atom is -0.478 e. The summed E-state index contributed by atoms with van der Waals surface area (Å²) in [6, 6.07) is 11.9. The molecule has 20 heavy (non-hydrogen) atoms. The number of carboxylic acids is 1. The number of benzene rings is 1. The number of nitrogens with zero attached hydrogens (tertiary/aromatic N) is 1. The van der Waals surface area contributed by atoms with Crippen LogP contribution in [0, 0.1) is 0 Å². The van der Waals surface area contributed by atoms with Gasteiger partial charge in [0.1, 0.15) is 0 Å². The van der Waals surface area contributed by atoms with Gasteiger partial charge in [0.05, 0.1) is 0 Å². The Morgan fingerprint density at radius 1 is 1.10 bits per heavy atom. The zero-order chi connectivity index (χ0) is 13.7. The van der Waals surface area contributed by atoms with E-state index in [-0.39, 0.29) is 12.4 Å². The SMILES string of the molecule is CC(=Cc1ccc(Cc2ccncc2)cc1)C(=O)O.Cl. The van der Waals surface area contributed by atoms with Gasteiger partial charge in [-0.15, -0.1) is 12.4 Å². The normalized spacial score (nSPS) is 10.8. The van der Waals surface area contributed by atoms with Crippen molar-refractivity contribution in [2.45, 2.75) is 13.3 Å². The lowest BCUT2D eigenvalue weighted by Crippen LogP contribution is -1.95. The molecule has 0 bridgehead atoms. The van der Waals surface area contributed by atoms with Crippen molar-refractivity contribution in [1.29, 1.82) is 0 Å². The van der Waals surface area contributed by atoms with Gasteiger partial charge in [-0.25, -0.2) is 4.79 Å². The van der Waals surface area contributed by atoms with E-state index in [0.29, 0.717) is 5.57 Å². The van der Waals surface area contributed by atoms with Gasteiger partial charge in [0, 0.05) is 18.0 Å². The molecule has 0 spiro atoms. The highest BCUT2D eigenvalue weighted by atomic mass is 35.5. The molecule has 0 saturated heterocycles. The molecule has 1 N–H and O–H groups in total. The van der Waals surface area contributed by atoms with E-state index >= 15 is 0 Å². The van der Waals surface area contributed by atoms with Gasteiger partial charge in [-0.05, 0) is 48.2 Å². The van der Waals surface area contributed by atoms with E-state index in [1.54, 1.807) is 25.4 Å².